The van der Waals surface area contributed by atoms with E-state index in [-0.39, 0.29) is 11.8 Å². The second kappa shape index (κ2) is 9.82. The van der Waals surface area contributed by atoms with Gasteiger partial charge >= 0.3 is 0 Å². The summed E-state index contributed by atoms with van der Waals surface area (Å²) in [5.41, 5.74) is 5.09. The number of rotatable bonds is 4. The average molecular weight is 268 g/mol. The molecule has 0 atom stereocenters. The smallest absolute Gasteiger partial charge is 0.222 e. The first-order valence-corrected chi connectivity index (χ1v) is 7.76. The van der Waals surface area contributed by atoms with Crippen LogP contribution in [0.15, 0.2) is 0 Å². The molecule has 0 aromatic heterocycles. The van der Waals surface area contributed by atoms with E-state index in [2.05, 4.69) is 0 Å². The predicted molar refractivity (Wildman–Crippen MR) is 76.6 cm³/mol. The average Bonchev–Trinajstić information content (AvgIpc) is 2.43. The predicted octanol–water partition coefficient (Wildman–Crippen LogP) is 2.60. The molecule has 1 saturated heterocycles. The highest BCUT2D eigenvalue weighted by molar-refractivity contribution is 5.78. The number of nitrogens with zero attached hydrogens (tertiary/aromatic N) is 1. The quantitative estimate of drug-likeness (QED) is 0.851. The van der Waals surface area contributed by atoms with E-state index >= 15 is 0 Å². The number of hydrogen-bond acceptors (Lipinski definition) is 2. The maximum Gasteiger partial charge on any atom is 0.222 e. The molecule has 0 bridgehead atoms. The summed E-state index contributed by atoms with van der Waals surface area (Å²) in [5.74, 6) is -0.120. The largest absolute Gasteiger partial charge is 0.370 e. The minimum Gasteiger partial charge on any atom is -0.370 e. The molecule has 19 heavy (non-hydrogen) atoms. The fraction of sp³-hybridized carbons (Fsp3) is 0.867. The summed E-state index contributed by atoms with van der Waals surface area (Å²) in [6.45, 7) is 1.77. The molecular formula is C15H28N2O2. The molecule has 1 aliphatic heterocycles. The Morgan fingerprint density at radius 2 is 1.26 bits per heavy atom. The molecule has 1 heterocycles. The van der Waals surface area contributed by atoms with Crippen LogP contribution in [0, 0.1) is 0 Å². The van der Waals surface area contributed by atoms with Crippen molar-refractivity contribution in [3.05, 3.63) is 0 Å². The van der Waals surface area contributed by atoms with Crippen LogP contribution in [0.4, 0.5) is 0 Å². The summed E-state index contributed by atoms with van der Waals surface area (Å²) in [6.07, 6.45) is 11.3. The summed E-state index contributed by atoms with van der Waals surface area (Å²) in [6, 6.07) is 0. The van der Waals surface area contributed by atoms with Crippen molar-refractivity contribution in [2.75, 3.05) is 13.1 Å². The van der Waals surface area contributed by atoms with Crippen LogP contribution in [0.3, 0.4) is 0 Å². The van der Waals surface area contributed by atoms with E-state index in [4.69, 9.17) is 5.73 Å². The highest BCUT2D eigenvalue weighted by atomic mass is 16.2. The van der Waals surface area contributed by atoms with Gasteiger partial charge in [-0.15, -0.1) is 0 Å². The van der Waals surface area contributed by atoms with Crippen LogP contribution in [0.1, 0.15) is 70.6 Å². The van der Waals surface area contributed by atoms with Crippen LogP contribution in [0.2, 0.25) is 0 Å². The van der Waals surface area contributed by atoms with Gasteiger partial charge in [-0.05, 0) is 19.3 Å². The molecule has 0 spiro atoms. The van der Waals surface area contributed by atoms with Crippen LogP contribution < -0.4 is 5.73 Å². The number of carbonyl (C=O) groups is 2. The van der Waals surface area contributed by atoms with E-state index in [9.17, 15) is 9.59 Å². The van der Waals surface area contributed by atoms with Crippen molar-refractivity contribution >= 4 is 11.8 Å². The Hall–Kier alpha value is -1.06. The number of nitrogens with two attached hydrogens (primary N) is 1. The molecule has 0 aromatic rings. The Labute approximate surface area is 116 Å². The van der Waals surface area contributed by atoms with Gasteiger partial charge in [0.1, 0.15) is 0 Å². The third kappa shape index (κ3) is 7.85. The van der Waals surface area contributed by atoms with Gasteiger partial charge in [-0.1, -0.05) is 38.5 Å². The van der Waals surface area contributed by atoms with Gasteiger partial charge < -0.3 is 10.6 Å². The zero-order valence-corrected chi connectivity index (χ0v) is 12.0. The highest BCUT2D eigenvalue weighted by Crippen LogP contribution is 2.13. The molecule has 4 heteroatoms. The summed E-state index contributed by atoms with van der Waals surface area (Å²) >= 11 is 0. The molecule has 0 saturated carbocycles. The Bertz CT molecular complexity index is 267. The summed E-state index contributed by atoms with van der Waals surface area (Å²) < 4.78 is 0. The molecule has 4 nitrogen and oxygen atoms in total. The Kier molecular flexibility index (Phi) is 8.26. The molecule has 1 rings (SSSR count). The van der Waals surface area contributed by atoms with Crippen molar-refractivity contribution in [1.82, 2.24) is 4.90 Å². The van der Waals surface area contributed by atoms with Crippen molar-refractivity contribution < 1.29 is 9.59 Å². The minimum atomic E-state index is -0.315. The van der Waals surface area contributed by atoms with Crippen LogP contribution in [-0.2, 0) is 9.59 Å². The monoisotopic (exact) mass is 268 g/mol. The number of hydrogen-bond donors (Lipinski definition) is 1. The molecule has 1 aliphatic rings. The second-order valence-electron chi connectivity index (χ2n) is 5.53. The summed E-state index contributed by atoms with van der Waals surface area (Å²) in [4.78, 5) is 24.8. The normalized spacial score (nSPS) is 18.6. The van der Waals surface area contributed by atoms with Crippen molar-refractivity contribution in [2.24, 2.45) is 5.73 Å². The standard InChI is InChI=1S/C15H28N2O2/c16-14(18)10-9-11-15(19)17-12-7-5-3-1-2-4-6-8-13-17/h1-13H2,(H2,16,18). The molecule has 0 aliphatic carbocycles. The van der Waals surface area contributed by atoms with Gasteiger partial charge in [0.05, 0.1) is 0 Å². The Morgan fingerprint density at radius 3 is 1.74 bits per heavy atom. The number of primary amides is 1. The van der Waals surface area contributed by atoms with E-state index in [1.54, 1.807) is 0 Å². The van der Waals surface area contributed by atoms with E-state index in [0.29, 0.717) is 19.3 Å². The highest BCUT2D eigenvalue weighted by Gasteiger charge is 2.13. The van der Waals surface area contributed by atoms with Gasteiger partial charge in [-0.2, -0.15) is 0 Å². The Balaban J connectivity index is 2.32. The van der Waals surface area contributed by atoms with Crippen LogP contribution in [0.5, 0.6) is 0 Å². The van der Waals surface area contributed by atoms with Gasteiger partial charge in [0.15, 0.2) is 0 Å². The van der Waals surface area contributed by atoms with Crippen molar-refractivity contribution in [3.63, 3.8) is 0 Å². The third-order valence-corrected chi connectivity index (χ3v) is 3.77. The summed E-state index contributed by atoms with van der Waals surface area (Å²) in [5, 5.41) is 0. The molecule has 0 aromatic carbocycles. The lowest BCUT2D eigenvalue weighted by Gasteiger charge is -2.22. The fourth-order valence-electron chi connectivity index (χ4n) is 2.60. The minimum absolute atomic E-state index is 0.195. The maximum absolute atomic E-state index is 12.1. The lowest BCUT2D eigenvalue weighted by Crippen LogP contribution is -2.33. The first-order valence-electron chi connectivity index (χ1n) is 7.76. The molecule has 2 amide bonds. The molecule has 1 fully saturated rings. The van der Waals surface area contributed by atoms with E-state index < -0.39 is 0 Å². The van der Waals surface area contributed by atoms with Gasteiger partial charge in [0, 0.05) is 25.9 Å². The lowest BCUT2D eigenvalue weighted by atomic mass is 10.1. The number of carbonyl (C=O) groups excluding carboxylic acids is 2. The second-order valence-corrected chi connectivity index (χ2v) is 5.53. The first kappa shape index (κ1) is 16.0. The summed E-state index contributed by atoms with van der Waals surface area (Å²) in [7, 11) is 0. The third-order valence-electron chi connectivity index (χ3n) is 3.77. The topological polar surface area (TPSA) is 63.4 Å². The van der Waals surface area contributed by atoms with Crippen molar-refractivity contribution in [3.8, 4) is 0 Å². The molecule has 2 N–H and O–H groups in total. The van der Waals surface area contributed by atoms with E-state index in [1.165, 1.54) is 38.5 Å². The maximum atomic E-state index is 12.1. The lowest BCUT2D eigenvalue weighted by molar-refractivity contribution is -0.131. The SMILES string of the molecule is NC(=O)CCCC(=O)N1CCCCCCCCCC1. The molecular weight excluding hydrogens is 240 g/mol. The molecule has 110 valence electrons. The molecule has 0 radical (unpaired) electrons. The zero-order chi connectivity index (χ0) is 13.9. The van der Waals surface area contributed by atoms with E-state index in [0.717, 1.165) is 25.9 Å². The number of amides is 2. The zero-order valence-electron chi connectivity index (χ0n) is 12.0. The van der Waals surface area contributed by atoms with Crippen LogP contribution in [0.25, 0.3) is 0 Å². The Morgan fingerprint density at radius 1 is 0.789 bits per heavy atom. The van der Waals surface area contributed by atoms with Gasteiger partial charge in [0.25, 0.3) is 0 Å². The molecule has 0 unspecified atom stereocenters. The van der Waals surface area contributed by atoms with Crippen LogP contribution in [-0.4, -0.2) is 29.8 Å². The van der Waals surface area contributed by atoms with Crippen LogP contribution >= 0.6 is 0 Å². The van der Waals surface area contributed by atoms with Crippen molar-refractivity contribution in [1.29, 1.82) is 0 Å². The van der Waals surface area contributed by atoms with Gasteiger partial charge in [0.2, 0.25) is 11.8 Å². The fourth-order valence-corrected chi connectivity index (χ4v) is 2.60. The van der Waals surface area contributed by atoms with Crippen molar-refractivity contribution in [2.45, 2.75) is 70.6 Å². The first-order chi connectivity index (χ1) is 9.20. The van der Waals surface area contributed by atoms with Gasteiger partial charge in [-0.3, -0.25) is 9.59 Å². The van der Waals surface area contributed by atoms with E-state index in [1.807, 2.05) is 4.90 Å². The van der Waals surface area contributed by atoms with Gasteiger partial charge in [-0.25, -0.2) is 0 Å².